The van der Waals surface area contributed by atoms with Crippen molar-refractivity contribution in [1.29, 1.82) is 0 Å². The van der Waals surface area contributed by atoms with Crippen LogP contribution in [-0.4, -0.2) is 20.8 Å². The molecule has 0 N–H and O–H groups in total. The third-order valence-corrected chi connectivity index (χ3v) is 6.81. The highest BCUT2D eigenvalue weighted by Crippen LogP contribution is 2.32. The zero-order valence-electron chi connectivity index (χ0n) is 12.3. The monoisotopic (exact) mass is 403 g/mol. The first-order chi connectivity index (χ1) is 11.1. The smallest absolute Gasteiger partial charge is 0.240 e. The summed E-state index contributed by atoms with van der Waals surface area (Å²) in [5, 5.41) is 0.463. The van der Waals surface area contributed by atoms with E-state index in [2.05, 4.69) is 0 Å². The Bertz CT molecular complexity index is 1150. The van der Waals surface area contributed by atoms with Crippen molar-refractivity contribution in [3.8, 4) is 0 Å². The molecule has 0 saturated carbocycles. The second kappa shape index (κ2) is 5.77. The predicted molar refractivity (Wildman–Crippen MR) is 93.7 cm³/mol. The Labute approximate surface area is 148 Å². The van der Waals surface area contributed by atoms with Crippen molar-refractivity contribution >= 4 is 52.3 Å². The standard InChI is InChI=1S/C15H11Cl2NO4S2/c1-10-2-5-12(6-3-10)24(21,22)18-9-15(23(17,19)20)13-7-4-11(16)8-14(13)18/h2-9H,1H3. The zero-order valence-corrected chi connectivity index (χ0v) is 15.4. The maximum Gasteiger partial charge on any atom is 0.268 e. The fourth-order valence-electron chi connectivity index (χ4n) is 2.36. The van der Waals surface area contributed by atoms with Crippen LogP contribution < -0.4 is 0 Å². The molecule has 126 valence electrons. The summed E-state index contributed by atoms with van der Waals surface area (Å²) in [4.78, 5) is -0.255. The van der Waals surface area contributed by atoms with Crippen molar-refractivity contribution in [2.45, 2.75) is 16.7 Å². The highest BCUT2D eigenvalue weighted by atomic mass is 35.7. The van der Waals surface area contributed by atoms with Gasteiger partial charge in [0.1, 0.15) is 4.90 Å². The fourth-order valence-corrected chi connectivity index (χ4v) is 4.99. The van der Waals surface area contributed by atoms with E-state index in [1.165, 1.54) is 30.3 Å². The van der Waals surface area contributed by atoms with Crippen LogP contribution in [0.15, 0.2) is 58.5 Å². The molecule has 0 spiro atoms. The summed E-state index contributed by atoms with van der Waals surface area (Å²) < 4.78 is 50.2. The van der Waals surface area contributed by atoms with Gasteiger partial charge in [-0.15, -0.1) is 0 Å². The van der Waals surface area contributed by atoms with Crippen molar-refractivity contribution < 1.29 is 16.8 Å². The van der Waals surface area contributed by atoms with Crippen LogP contribution in [0.3, 0.4) is 0 Å². The summed E-state index contributed by atoms with van der Waals surface area (Å²) in [5.41, 5.74) is 1.04. The van der Waals surface area contributed by atoms with E-state index in [1.807, 2.05) is 6.92 Å². The lowest BCUT2D eigenvalue weighted by Gasteiger charge is -2.08. The lowest BCUT2D eigenvalue weighted by Crippen LogP contribution is -2.11. The Hall–Kier alpha value is -1.54. The van der Waals surface area contributed by atoms with E-state index in [4.69, 9.17) is 22.3 Å². The van der Waals surface area contributed by atoms with Crippen molar-refractivity contribution in [2.75, 3.05) is 0 Å². The van der Waals surface area contributed by atoms with Gasteiger partial charge in [0.25, 0.3) is 19.1 Å². The highest BCUT2D eigenvalue weighted by Gasteiger charge is 2.25. The summed E-state index contributed by atoms with van der Waals surface area (Å²) in [5.74, 6) is 0. The van der Waals surface area contributed by atoms with Crippen LogP contribution in [0, 0.1) is 6.92 Å². The first kappa shape index (κ1) is 17.3. The number of hydrogen-bond acceptors (Lipinski definition) is 4. The van der Waals surface area contributed by atoms with Crippen molar-refractivity contribution in [3.05, 3.63) is 59.2 Å². The Kier molecular flexibility index (Phi) is 4.16. The minimum atomic E-state index is -4.13. The average Bonchev–Trinajstić information content (AvgIpc) is 2.87. The molecule has 0 saturated heterocycles. The lowest BCUT2D eigenvalue weighted by atomic mass is 10.2. The number of rotatable bonds is 3. The van der Waals surface area contributed by atoms with Gasteiger partial charge in [-0.05, 0) is 37.3 Å². The van der Waals surface area contributed by atoms with Crippen LogP contribution in [-0.2, 0) is 19.1 Å². The molecule has 3 rings (SSSR count). The quantitative estimate of drug-likeness (QED) is 0.623. The Balaban J connectivity index is 2.37. The van der Waals surface area contributed by atoms with Gasteiger partial charge in [0.05, 0.1) is 10.4 Å². The molecule has 0 unspecified atom stereocenters. The normalized spacial score (nSPS) is 12.6. The van der Waals surface area contributed by atoms with Crippen molar-refractivity contribution in [1.82, 2.24) is 3.97 Å². The molecule has 0 radical (unpaired) electrons. The van der Waals surface area contributed by atoms with Gasteiger partial charge in [-0.2, -0.15) is 0 Å². The fraction of sp³-hybridized carbons (Fsp3) is 0.0667. The molecular weight excluding hydrogens is 393 g/mol. The molecule has 0 aliphatic heterocycles. The van der Waals surface area contributed by atoms with Crippen molar-refractivity contribution in [2.24, 2.45) is 0 Å². The van der Waals surface area contributed by atoms with E-state index in [0.29, 0.717) is 0 Å². The van der Waals surface area contributed by atoms with Crippen LogP contribution in [0.4, 0.5) is 0 Å². The first-order valence-corrected chi connectivity index (χ1v) is 10.8. The largest absolute Gasteiger partial charge is 0.268 e. The number of aromatic nitrogens is 1. The summed E-state index contributed by atoms with van der Waals surface area (Å²) in [6.45, 7) is 1.83. The summed E-state index contributed by atoms with van der Waals surface area (Å²) in [7, 11) is -2.69. The van der Waals surface area contributed by atoms with E-state index >= 15 is 0 Å². The average molecular weight is 404 g/mol. The number of hydrogen-bond donors (Lipinski definition) is 0. The van der Waals surface area contributed by atoms with E-state index in [1.54, 1.807) is 12.1 Å². The van der Waals surface area contributed by atoms with Gasteiger partial charge in [0.2, 0.25) is 0 Å². The van der Waals surface area contributed by atoms with Gasteiger partial charge in [0, 0.05) is 27.3 Å². The molecule has 0 aliphatic carbocycles. The van der Waals surface area contributed by atoms with Crippen LogP contribution in [0.25, 0.3) is 10.9 Å². The van der Waals surface area contributed by atoms with E-state index < -0.39 is 19.1 Å². The van der Waals surface area contributed by atoms with Crippen LogP contribution in [0.2, 0.25) is 5.02 Å². The number of halogens is 2. The SMILES string of the molecule is Cc1ccc(S(=O)(=O)n2cc(S(=O)(=O)Cl)c3ccc(Cl)cc32)cc1. The third kappa shape index (κ3) is 2.93. The maximum absolute atomic E-state index is 12.9. The molecule has 9 heteroatoms. The summed E-state index contributed by atoms with van der Waals surface area (Å²) in [6.07, 6.45) is 0.999. The van der Waals surface area contributed by atoms with Crippen LogP contribution in [0.5, 0.6) is 0 Å². The topological polar surface area (TPSA) is 73.2 Å². The molecule has 1 aromatic heterocycles. The van der Waals surface area contributed by atoms with Crippen LogP contribution >= 0.6 is 22.3 Å². The van der Waals surface area contributed by atoms with Gasteiger partial charge in [-0.3, -0.25) is 0 Å². The van der Waals surface area contributed by atoms with Gasteiger partial charge in [-0.1, -0.05) is 29.3 Å². The van der Waals surface area contributed by atoms with E-state index in [-0.39, 0.29) is 25.7 Å². The Morgan fingerprint density at radius 2 is 1.58 bits per heavy atom. The Morgan fingerprint density at radius 3 is 2.17 bits per heavy atom. The van der Waals surface area contributed by atoms with Crippen LogP contribution in [0.1, 0.15) is 5.56 Å². The maximum atomic E-state index is 12.9. The molecule has 0 fully saturated rings. The molecule has 0 atom stereocenters. The molecular formula is C15H11Cl2NO4S2. The molecule has 2 aromatic carbocycles. The molecule has 5 nitrogen and oxygen atoms in total. The molecule has 24 heavy (non-hydrogen) atoms. The number of nitrogens with zero attached hydrogens (tertiary/aromatic N) is 1. The van der Waals surface area contributed by atoms with Gasteiger partial charge < -0.3 is 0 Å². The third-order valence-electron chi connectivity index (χ3n) is 3.54. The van der Waals surface area contributed by atoms with Crippen molar-refractivity contribution in [3.63, 3.8) is 0 Å². The number of fused-ring (bicyclic) bond motifs is 1. The molecule has 0 amide bonds. The Morgan fingerprint density at radius 1 is 0.958 bits per heavy atom. The number of aryl methyl sites for hydroxylation is 1. The molecule has 3 aromatic rings. The van der Waals surface area contributed by atoms with E-state index in [9.17, 15) is 16.8 Å². The van der Waals surface area contributed by atoms with Gasteiger partial charge >= 0.3 is 0 Å². The van der Waals surface area contributed by atoms with Gasteiger partial charge in [-0.25, -0.2) is 20.8 Å². The van der Waals surface area contributed by atoms with Gasteiger partial charge in [0.15, 0.2) is 0 Å². The molecule has 1 heterocycles. The summed E-state index contributed by atoms with van der Waals surface area (Å²) >= 11 is 5.94. The second-order valence-electron chi connectivity index (χ2n) is 5.21. The molecule has 0 aliphatic rings. The summed E-state index contributed by atoms with van der Waals surface area (Å²) in [6, 6.07) is 10.5. The minimum absolute atomic E-state index is 0.0310. The predicted octanol–water partition coefficient (Wildman–Crippen LogP) is 3.77. The number of benzene rings is 2. The minimum Gasteiger partial charge on any atom is -0.240 e. The zero-order chi connectivity index (χ0) is 17.7. The second-order valence-corrected chi connectivity index (χ2v) is 9.99. The first-order valence-electron chi connectivity index (χ1n) is 6.68. The molecule has 0 bridgehead atoms. The lowest BCUT2D eigenvalue weighted by molar-refractivity contribution is 0.589. The van der Waals surface area contributed by atoms with E-state index in [0.717, 1.165) is 15.7 Å². The highest BCUT2D eigenvalue weighted by molar-refractivity contribution is 8.14.